The van der Waals surface area contributed by atoms with Gasteiger partial charge in [0.05, 0.1) is 11.0 Å². The quantitative estimate of drug-likeness (QED) is 0.917. The van der Waals surface area contributed by atoms with E-state index in [-0.39, 0.29) is 5.54 Å². The van der Waals surface area contributed by atoms with Gasteiger partial charge in [-0.3, -0.25) is 0 Å². The first kappa shape index (κ1) is 14.1. The Morgan fingerprint density at radius 1 is 1.26 bits per heavy atom. The molecule has 0 aliphatic carbocycles. The second-order valence-corrected chi connectivity index (χ2v) is 6.66. The molecule has 0 aliphatic rings. The molecule has 1 heterocycles. The lowest BCUT2D eigenvalue weighted by Crippen LogP contribution is -2.24. The zero-order valence-corrected chi connectivity index (χ0v) is 12.7. The zero-order valence-electron chi connectivity index (χ0n) is 12.7. The maximum absolute atomic E-state index is 5.72. The second-order valence-electron chi connectivity index (χ2n) is 6.66. The first-order chi connectivity index (χ1) is 8.82. The van der Waals surface area contributed by atoms with Crippen molar-refractivity contribution in [2.24, 2.45) is 11.7 Å². The fourth-order valence-corrected chi connectivity index (χ4v) is 2.55. The number of nitrogens with zero attached hydrogens (tertiary/aromatic N) is 2. The van der Waals surface area contributed by atoms with E-state index in [0.29, 0.717) is 12.5 Å². The molecule has 0 radical (unpaired) electrons. The summed E-state index contributed by atoms with van der Waals surface area (Å²) in [5.74, 6) is 1.78. The van der Waals surface area contributed by atoms with Gasteiger partial charge in [-0.25, -0.2) is 4.98 Å². The van der Waals surface area contributed by atoms with E-state index in [4.69, 9.17) is 10.7 Å². The fourth-order valence-electron chi connectivity index (χ4n) is 2.55. The molecule has 0 unspecified atom stereocenters. The molecule has 3 nitrogen and oxygen atoms in total. The molecule has 19 heavy (non-hydrogen) atoms. The van der Waals surface area contributed by atoms with Crippen molar-refractivity contribution in [1.29, 1.82) is 0 Å². The smallest absolute Gasteiger partial charge is 0.110 e. The number of benzene rings is 1. The van der Waals surface area contributed by atoms with E-state index < -0.39 is 0 Å². The van der Waals surface area contributed by atoms with Crippen LogP contribution in [0.4, 0.5) is 0 Å². The third kappa shape index (κ3) is 2.81. The number of hydrogen-bond donors (Lipinski definition) is 1. The molecule has 2 N–H and O–H groups in total. The summed E-state index contributed by atoms with van der Waals surface area (Å²) in [5.41, 5.74) is 9.18. The van der Waals surface area contributed by atoms with Crippen LogP contribution in [0.3, 0.4) is 0 Å². The Balaban J connectivity index is 2.65. The molecule has 0 bridgehead atoms. The molecule has 0 saturated carbocycles. The van der Waals surface area contributed by atoms with E-state index in [2.05, 4.69) is 57.4 Å². The van der Waals surface area contributed by atoms with Crippen LogP contribution in [0.1, 0.15) is 46.0 Å². The van der Waals surface area contributed by atoms with Crippen molar-refractivity contribution in [3.63, 3.8) is 0 Å². The highest BCUT2D eigenvalue weighted by Crippen LogP contribution is 2.27. The van der Waals surface area contributed by atoms with Gasteiger partial charge in [0.2, 0.25) is 0 Å². The molecule has 1 aromatic heterocycles. The van der Waals surface area contributed by atoms with Crippen LogP contribution in [-0.2, 0) is 18.5 Å². The minimum Gasteiger partial charge on any atom is -0.326 e. The summed E-state index contributed by atoms with van der Waals surface area (Å²) in [6.45, 7) is 11.7. The van der Waals surface area contributed by atoms with Gasteiger partial charge in [-0.05, 0) is 44.4 Å². The summed E-state index contributed by atoms with van der Waals surface area (Å²) in [5, 5.41) is 0. The van der Waals surface area contributed by atoms with Crippen LogP contribution < -0.4 is 5.73 Å². The average Bonchev–Trinajstić information content (AvgIpc) is 2.63. The van der Waals surface area contributed by atoms with Crippen molar-refractivity contribution < 1.29 is 0 Å². The molecule has 0 spiro atoms. The van der Waals surface area contributed by atoms with Crippen LogP contribution in [0.2, 0.25) is 0 Å². The van der Waals surface area contributed by atoms with Crippen LogP contribution in [0.15, 0.2) is 18.2 Å². The normalized spacial score (nSPS) is 12.6. The van der Waals surface area contributed by atoms with Gasteiger partial charge in [-0.2, -0.15) is 0 Å². The van der Waals surface area contributed by atoms with Crippen molar-refractivity contribution in [3.8, 4) is 0 Å². The summed E-state index contributed by atoms with van der Waals surface area (Å²) in [6, 6.07) is 6.37. The van der Waals surface area contributed by atoms with Gasteiger partial charge in [-0.1, -0.05) is 19.9 Å². The topological polar surface area (TPSA) is 43.8 Å². The van der Waals surface area contributed by atoms with Gasteiger partial charge in [0.25, 0.3) is 0 Å². The van der Waals surface area contributed by atoms with Crippen molar-refractivity contribution in [2.45, 2.75) is 53.1 Å². The third-order valence-electron chi connectivity index (χ3n) is 3.29. The summed E-state index contributed by atoms with van der Waals surface area (Å²) in [6.07, 6.45) is 1.00. The van der Waals surface area contributed by atoms with Crippen molar-refractivity contribution in [3.05, 3.63) is 29.6 Å². The third-order valence-corrected chi connectivity index (χ3v) is 3.29. The maximum Gasteiger partial charge on any atom is 0.110 e. The predicted octanol–water partition coefficient (Wildman–Crippen LogP) is 3.45. The number of imidazole rings is 1. The molecule has 104 valence electrons. The van der Waals surface area contributed by atoms with E-state index in [9.17, 15) is 0 Å². The molecule has 0 aliphatic heterocycles. The highest BCUT2D eigenvalue weighted by molar-refractivity contribution is 5.77. The zero-order chi connectivity index (χ0) is 14.2. The average molecular weight is 259 g/mol. The van der Waals surface area contributed by atoms with Crippen LogP contribution in [0, 0.1) is 5.92 Å². The van der Waals surface area contributed by atoms with Gasteiger partial charge < -0.3 is 10.3 Å². The van der Waals surface area contributed by atoms with Gasteiger partial charge >= 0.3 is 0 Å². The Morgan fingerprint density at radius 3 is 2.47 bits per heavy atom. The number of aromatic nitrogens is 2. The van der Waals surface area contributed by atoms with Crippen LogP contribution >= 0.6 is 0 Å². The minimum atomic E-state index is 0.0448. The van der Waals surface area contributed by atoms with Crippen LogP contribution in [-0.4, -0.2) is 9.55 Å². The molecule has 0 saturated heterocycles. The number of nitrogens with two attached hydrogens (primary N) is 1. The molecule has 3 heteroatoms. The minimum absolute atomic E-state index is 0.0448. The standard InChI is InChI=1S/C16H25N3/c1-11(2)8-15-18-13-9-12(10-17)6-7-14(13)19(15)16(3,4)5/h6-7,9,11H,8,10,17H2,1-5H3. The van der Waals surface area contributed by atoms with E-state index >= 15 is 0 Å². The highest BCUT2D eigenvalue weighted by atomic mass is 15.1. The summed E-state index contributed by atoms with van der Waals surface area (Å²) in [4.78, 5) is 4.84. The molecule has 0 atom stereocenters. The number of hydrogen-bond acceptors (Lipinski definition) is 2. The van der Waals surface area contributed by atoms with Crippen molar-refractivity contribution in [2.75, 3.05) is 0 Å². The van der Waals surface area contributed by atoms with Gasteiger partial charge in [0.15, 0.2) is 0 Å². The Morgan fingerprint density at radius 2 is 1.95 bits per heavy atom. The Hall–Kier alpha value is -1.35. The van der Waals surface area contributed by atoms with E-state index in [1.165, 1.54) is 11.3 Å². The number of fused-ring (bicyclic) bond motifs is 1. The lowest BCUT2D eigenvalue weighted by Gasteiger charge is -2.25. The second kappa shape index (κ2) is 4.97. The molecule has 0 amide bonds. The predicted molar refractivity (Wildman–Crippen MR) is 81.2 cm³/mol. The maximum atomic E-state index is 5.72. The molecule has 0 fully saturated rings. The summed E-state index contributed by atoms with van der Waals surface area (Å²) in [7, 11) is 0. The van der Waals surface area contributed by atoms with E-state index in [1.54, 1.807) is 0 Å². The van der Waals surface area contributed by atoms with Gasteiger partial charge in [-0.15, -0.1) is 0 Å². The summed E-state index contributed by atoms with van der Waals surface area (Å²) >= 11 is 0. The van der Waals surface area contributed by atoms with Crippen LogP contribution in [0.5, 0.6) is 0 Å². The molecular weight excluding hydrogens is 234 g/mol. The van der Waals surface area contributed by atoms with E-state index in [0.717, 1.165) is 17.5 Å². The van der Waals surface area contributed by atoms with Crippen molar-refractivity contribution >= 4 is 11.0 Å². The highest BCUT2D eigenvalue weighted by Gasteiger charge is 2.21. The SMILES string of the molecule is CC(C)Cc1nc2cc(CN)ccc2n1C(C)(C)C. The molecule has 2 aromatic rings. The molecule has 1 aromatic carbocycles. The lowest BCUT2D eigenvalue weighted by atomic mass is 10.1. The van der Waals surface area contributed by atoms with Gasteiger partial charge in [0.1, 0.15) is 5.82 Å². The Labute approximate surface area is 115 Å². The summed E-state index contributed by atoms with van der Waals surface area (Å²) < 4.78 is 2.36. The van der Waals surface area contributed by atoms with Crippen molar-refractivity contribution in [1.82, 2.24) is 9.55 Å². The Kier molecular flexibility index (Phi) is 3.68. The first-order valence-electron chi connectivity index (χ1n) is 7.03. The monoisotopic (exact) mass is 259 g/mol. The lowest BCUT2D eigenvalue weighted by molar-refractivity contribution is 0.387. The largest absolute Gasteiger partial charge is 0.326 e. The molecular formula is C16H25N3. The first-order valence-corrected chi connectivity index (χ1v) is 7.03. The van der Waals surface area contributed by atoms with Gasteiger partial charge in [0, 0.05) is 18.5 Å². The fraction of sp³-hybridized carbons (Fsp3) is 0.562. The molecule has 2 rings (SSSR count). The Bertz CT molecular complexity index is 573. The number of rotatable bonds is 3. The van der Waals surface area contributed by atoms with E-state index in [1.807, 2.05) is 0 Å². The van der Waals surface area contributed by atoms with Crippen LogP contribution in [0.25, 0.3) is 11.0 Å².